The molecule has 3 nitrogen and oxygen atoms in total. The molecule has 29 heavy (non-hydrogen) atoms. The van der Waals surface area contributed by atoms with Crippen molar-refractivity contribution < 1.29 is 9.53 Å². The average molecular weight is 451 g/mol. The van der Waals surface area contributed by atoms with Gasteiger partial charge in [-0.25, -0.2) is 0 Å². The monoisotopic (exact) mass is 449 g/mol. The summed E-state index contributed by atoms with van der Waals surface area (Å²) in [5, 5.41) is 0. The Kier molecular flexibility index (Phi) is 23.8. The molecular formula is C24H45Cl2NO2. The molecule has 0 radical (unpaired) electrons. The van der Waals surface area contributed by atoms with Crippen LogP contribution in [0.1, 0.15) is 96.8 Å². The molecule has 0 aliphatic rings. The average Bonchev–Trinajstić information content (AvgIpc) is 2.71. The lowest BCUT2D eigenvalue weighted by Gasteiger charge is -2.19. The third kappa shape index (κ3) is 22.3. The number of hydrogen-bond donors (Lipinski definition) is 0. The van der Waals surface area contributed by atoms with Gasteiger partial charge < -0.3 is 4.74 Å². The molecule has 0 N–H and O–H groups in total. The van der Waals surface area contributed by atoms with Crippen LogP contribution in [0.15, 0.2) is 12.2 Å². The van der Waals surface area contributed by atoms with Crippen molar-refractivity contribution in [2.24, 2.45) is 0 Å². The molecule has 0 saturated heterocycles. The van der Waals surface area contributed by atoms with Gasteiger partial charge in [0.1, 0.15) is 6.61 Å². The van der Waals surface area contributed by atoms with Crippen LogP contribution in [-0.4, -0.2) is 48.9 Å². The number of unbranched alkanes of at least 4 members (excludes halogenated alkanes) is 11. The molecule has 5 heteroatoms. The van der Waals surface area contributed by atoms with Crippen molar-refractivity contribution in [1.29, 1.82) is 0 Å². The van der Waals surface area contributed by atoms with Gasteiger partial charge in [0.05, 0.1) is 0 Å². The van der Waals surface area contributed by atoms with Gasteiger partial charge in [0.25, 0.3) is 0 Å². The summed E-state index contributed by atoms with van der Waals surface area (Å²) in [5.74, 6) is 1.05. The standard InChI is InChI=1S/C24H45Cl2NO2/c1-2-3-4-5-6-7-8-9-10-11-12-13-14-15-16-17-24(28)29-23-22-27(20-18-25)21-19-26/h9-10H,2-8,11-23H2,1H3/b10-9-. The number of allylic oxidation sites excluding steroid dienone is 2. The Morgan fingerprint density at radius 2 is 1.28 bits per heavy atom. The van der Waals surface area contributed by atoms with Crippen LogP contribution < -0.4 is 0 Å². The molecular weight excluding hydrogens is 405 g/mol. The second kappa shape index (κ2) is 24.0. The van der Waals surface area contributed by atoms with E-state index in [-0.39, 0.29) is 5.97 Å². The molecule has 0 bridgehead atoms. The molecule has 0 fully saturated rings. The molecule has 0 unspecified atom stereocenters. The predicted octanol–water partition coefficient (Wildman–Crippen LogP) is 7.35. The van der Waals surface area contributed by atoms with Crippen LogP contribution in [-0.2, 0) is 9.53 Å². The number of halogens is 2. The van der Waals surface area contributed by atoms with Crippen molar-refractivity contribution in [3.05, 3.63) is 12.2 Å². The quantitative estimate of drug-likeness (QED) is 0.0748. The van der Waals surface area contributed by atoms with Gasteiger partial charge in [-0.1, -0.05) is 70.4 Å². The molecule has 0 aromatic rings. The fraction of sp³-hybridized carbons (Fsp3) is 0.875. The lowest BCUT2D eigenvalue weighted by Crippen LogP contribution is -2.31. The van der Waals surface area contributed by atoms with E-state index in [0.29, 0.717) is 31.3 Å². The number of carbonyl (C=O) groups excluding carboxylic acids is 1. The first-order valence-corrected chi connectivity index (χ1v) is 13.0. The number of hydrogen-bond acceptors (Lipinski definition) is 3. The summed E-state index contributed by atoms with van der Waals surface area (Å²) in [6, 6.07) is 0. The van der Waals surface area contributed by atoms with Gasteiger partial charge in [0, 0.05) is 37.8 Å². The van der Waals surface area contributed by atoms with Crippen molar-refractivity contribution in [2.75, 3.05) is 38.0 Å². The van der Waals surface area contributed by atoms with Gasteiger partial charge in [0.2, 0.25) is 0 Å². The summed E-state index contributed by atoms with van der Waals surface area (Å²) in [5.41, 5.74) is 0. The summed E-state index contributed by atoms with van der Waals surface area (Å²) in [7, 11) is 0. The van der Waals surface area contributed by atoms with E-state index < -0.39 is 0 Å². The van der Waals surface area contributed by atoms with Crippen LogP contribution in [0.2, 0.25) is 0 Å². The third-order valence-corrected chi connectivity index (χ3v) is 5.45. The van der Waals surface area contributed by atoms with Gasteiger partial charge >= 0.3 is 5.97 Å². The van der Waals surface area contributed by atoms with E-state index in [1.807, 2.05) is 0 Å². The lowest BCUT2D eigenvalue weighted by molar-refractivity contribution is -0.144. The largest absolute Gasteiger partial charge is 0.464 e. The van der Waals surface area contributed by atoms with Crippen LogP contribution in [0.3, 0.4) is 0 Å². The molecule has 0 spiro atoms. The van der Waals surface area contributed by atoms with Crippen LogP contribution in [0.25, 0.3) is 0 Å². The molecule has 0 aromatic carbocycles. The number of esters is 1. The van der Waals surface area contributed by atoms with Crippen molar-refractivity contribution in [1.82, 2.24) is 4.90 Å². The van der Waals surface area contributed by atoms with E-state index in [1.54, 1.807) is 0 Å². The van der Waals surface area contributed by atoms with Gasteiger partial charge in [-0.15, -0.1) is 23.2 Å². The minimum Gasteiger partial charge on any atom is -0.464 e. The zero-order valence-corrected chi connectivity index (χ0v) is 20.3. The molecule has 0 aromatic heterocycles. The second-order valence-corrected chi connectivity index (χ2v) is 8.53. The molecule has 172 valence electrons. The second-order valence-electron chi connectivity index (χ2n) is 7.77. The minimum atomic E-state index is -0.0840. The molecule has 0 aliphatic carbocycles. The Hall–Kier alpha value is -0.250. The first-order valence-electron chi connectivity index (χ1n) is 11.9. The molecule has 0 amide bonds. The number of rotatable bonds is 22. The highest BCUT2D eigenvalue weighted by atomic mass is 35.5. The number of ether oxygens (including phenoxy) is 1. The summed E-state index contributed by atoms with van der Waals surface area (Å²) < 4.78 is 5.31. The maximum atomic E-state index is 11.8. The summed E-state index contributed by atoms with van der Waals surface area (Å²) in [6.45, 7) is 4.95. The van der Waals surface area contributed by atoms with Crippen LogP contribution >= 0.6 is 23.2 Å². The topological polar surface area (TPSA) is 29.5 Å². The van der Waals surface area contributed by atoms with E-state index in [0.717, 1.165) is 25.9 Å². The van der Waals surface area contributed by atoms with Crippen LogP contribution in [0.5, 0.6) is 0 Å². The molecule has 0 aliphatic heterocycles. The maximum absolute atomic E-state index is 11.8. The zero-order valence-electron chi connectivity index (χ0n) is 18.8. The van der Waals surface area contributed by atoms with E-state index >= 15 is 0 Å². The van der Waals surface area contributed by atoms with Crippen LogP contribution in [0.4, 0.5) is 0 Å². The maximum Gasteiger partial charge on any atom is 0.305 e. The Morgan fingerprint density at radius 1 is 0.759 bits per heavy atom. The highest BCUT2D eigenvalue weighted by molar-refractivity contribution is 6.18. The summed E-state index contributed by atoms with van der Waals surface area (Å²) >= 11 is 11.5. The van der Waals surface area contributed by atoms with Crippen LogP contribution in [0, 0.1) is 0 Å². The van der Waals surface area contributed by atoms with Gasteiger partial charge in [-0.2, -0.15) is 0 Å². The van der Waals surface area contributed by atoms with E-state index in [1.165, 1.54) is 70.6 Å². The number of alkyl halides is 2. The smallest absolute Gasteiger partial charge is 0.305 e. The fourth-order valence-corrected chi connectivity index (χ4v) is 3.75. The first kappa shape index (κ1) is 28.8. The number of nitrogens with zero attached hydrogens (tertiary/aromatic N) is 1. The summed E-state index contributed by atoms with van der Waals surface area (Å²) in [4.78, 5) is 13.9. The van der Waals surface area contributed by atoms with E-state index in [9.17, 15) is 4.79 Å². The molecule has 0 saturated carbocycles. The third-order valence-electron chi connectivity index (χ3n) is 5.11. The Labute approximate surface area is 190 Å². The van der Waals surface area contributed by atoms with Crippen molar-refractivity contribution >= 4 is 29.2 Å². The van der Waals surface area contributed by atoms with Gasteiger partial charge in [-0.3, -0.25) is 9.69 Å². The van der Waals surface area contributed by atoms with Crippen molar-refractivity contribution in [3.8, 4) is 0 Å². The molecule has 0 heterocycles. The zero-order chi connectivity index (χ0) is 21.4. The minimum absolute atomic E-state index is 0.0840. The fourth-order valence-electron chi connectivity index (χ4n) is 3.28. The Morgan fingerprint density at radius 3 is 1.83 bits per heavy atom. The number of carbonyl (C=O) groups is 1. The summed E-state index contributed by atoms with van der Waals surface area (Å²) in [6.07, 6.45) is 21.7. The Bertz CT molecular complexity index is 372. The first-order chi connectivity index (χ1) is 14.2. The SMILES string of the molecule is CCCCCCCC/C=C\CCCCCCCC(=O)OCCN(CCCl)CCCl. The molecule has 0 rings (SSSR count). The predicted molar refractivity (Wildman–Crippen MR) is 128 cm³/mol. The highest BCUT2D eigenvalue weighted by Gasteiger charge is 2.06. The van der Waals surface area contributed by atoms with E-state index in [2.05, 4.69) is 24.0 Å². The Balaban J connectivity index is 3.36. The lowest BCUT2D eigenvalue weighted by atomic mass is 10.1. The van der Waals surface area contributed by atoms with Crippen molar-refractivity contribution in [2.45, 2.75) is 96.8 Å². The van der Waals surface area contributed by atoms with Gasteiger partial charge in [0.15, 0.2) is 0 Å². The highest BCUT2D eigenvalue weighted by Crippen LogP contribution is 2.10. The van der Waals surface area contributed by atoms with Gasteiger partial charge in [-0.05, 0) is 32.1 Å². The van der Waals surface area contributed by atoms with Crippen molar-refractivity contribution in [3.63, 3.8) is 0 Å². The van der Waals surface area contributed by atoms with E-state index in [4.69, 9.17) is 27.9 Å². The normalized spacial score (nSPS) is 11.6. The molecule has 0 atom stereocenters.